The molecule has 1 amide bonds. The highest BCUT2D eigenvalue weighted by Crippen LogP contribution is 2.16. The molecule has 0 aromatic heterocycles. The Morgan fingerprint density at radius 1 is 1.43 bits per heavy atom. The lowest BCUT2D eigenvalue weighted by molar-refractivity contribution is -0.122. The summed E-state index contributed by atoms with van der Waals surface area (Å²) in [6.45, 7) is -0.702. The van der Waals surface area contributed by atoms with Crippen LogP contribution in [-0.4, -0.2) is 55.7 Å². The van der Waals surface area contributed by atoms with Crippen LogP contribution in [0.3, 0.4) is 0 Å². The molecule has 0 aliphatic heterocycles. The molecule has 118 valence electrons. The maximum Gasteiger partial charge on any atom is 0.251 e. The van der Waals surface area contributed by atoms with Crippen molar-refractivity contribution in [2.45, 2.75) is 13.0 Å². The van der Waals surface area contributed by atoms with Gasteiger partial charge in [-0.05, 0) is 6.07 Å². The first-order valence-electron chi connectivity index (χ1n) is 6.56. The molecule has 0 heterocycles. The SMILES string of the molecule is COc1ccccc1CNC(=O)CN(CCO)CC(F)F. The molecule has 0 saturated carbocycles. The molecule has 0 radical (unpaired) electrons. The summed E-state index contributed by atoms with van der Waals surface area (Å²) in [4.78, 5) is 13.0. The molecule has 1 rings (SSSR count). The third kappa shape index (κ3) is 6.50. The van der Waals surface area contributed by atoms with Crippen molar-refractivity contribution in [2.75, 3.05) is 33.4 Å². The van der Waals surface area contributed by atoms with Crippen LogP contribution in [0.2, 0.25) is 0 Å². The van der Waals surface area contributed by atoms with E-state index in [1.807, 2.05) is 18.2 Å². The predicted octanol–water partition coefficient (Wildman–Crippen LogP) is 0.871. The molecule has 0 atom stereocenters. The van der Waals surface area contributed by atoms with Crippen LogP contribution < -0.4 is 10.1 Å². The predicted molar refractivity (Wildman–Crippen MR) is 74.4 cm³/mol. The molecule has 1 aromatic rings. The van der Waals surface area contributed by atoms with Crippen molar-refractivity contribution in [3.8, 4) is 5.75 Å². The van der Waals surface area contributed by atoms with Gasteiger partial charge in [0.25, 0.3) is 6.43 Å². The number of halogens is 2. The lowest BCUT2D eigenvalue weighted by atomic mass is 10.2. The molecular weight excluding hydrogens is 282 g/mol. The first-order chi connectivity index (χ1) is 10.1. The van der Waals surface area contributed by atoms with Gasteiger partial charge in [-0.1, -0.05) is 18.2 Å². The minimum absolute atomic E-state index is 0.0341. The molecule has 7 heteroatoms. The molecular formula is C14H20F2N2O3. The number of aliphatic hydroxyl groups is 1. The van der Waals surface area contributed by atoms with E-state index in [1.54, 1.807) is 6.07 Å². The third-order valence-electron chi connectivity index (χ3n) is 2.85. The average molecular weight is 302 g/mol. The number of rotatable bonds is 9. The number of carbonyl (C=O) groups excluding carboxylic acids is 1. The molecule has 0 spiro atoms. The fraction of sp³-hybridized carbons (Fsp3) is 0.500. The summed E-state index contributed by atoms with van der Waals surface area (Å²) in [5, 5.41) is 11.5. The van der Waals surface area contributed by atoms with Gasteiger partial charge >= 0.3 is 0 Å². The van der Waals surface area contributed by atoms with Gasteiger partial charge in [0.1, 0.15) is 5.75 Å². The van der Waals surface area contributed by atoms with Gasteiger partial charge in [-0.3, -0.25) is 9.69 Å². The Hall–Kier alpha value is -1.73. The molecule has 0 fully saturated rings. The fourth-order valence-corrected chi connectivity index (χ4v) is 1.87. The fourth-order valence-electron chi connectivity index (χ4n) is 1.87. The van der Waals surface area contributed by atoms with E-state index in [1.165, 1.54) is 12.0 Å². The van der Waals surface area contributed by atoms with Gasteiger partial charge in [0.15, 0.2) is 0 Å². The zero-order valence-electron chi connectivity index (χ0n) is 11.9. The monoisotopic (exact) mass is 302 g/mol. The number of ether oxygens (including phenoxy) is 1. The zero-order valence-corrected chi connectivity index (χ0v) is 11.9. The highest BCUT2D eigenvalue weighted by atomic mass is 19.3. The summed E-state index contributed by atoms with van der Waals surface area (Å²) in [6.07, 6.45) is -2.54. The molecule has 21 heavy (non-hydrogen) atoms. The number of hydrogen-bond acceptors (Lipinski definition) is 4. The summed E-state index contributed by atoms with van der Waals surface area (Å²) in [5.74, 6) is 0.271. The van der Waals surface area contributed by atoms with E-state index in [9.17, 15) is 13.6 Å². The first-order valence-corrected chi connectivity index (χ1v) is 6.56. The molecule has 0 aliphatic carbocycles. The van der Waals surface area contributed by atoms with Crippen molar-refractivity contribution >= 4 is 5.91 Å². The topological polar surface area (TPSA) is 61.8 Å². The molecule has 5 nitrogen and oxygen atoms in total. The summed E-state index contributed by atoms with van der Waals surface area (Å²) in [7, 11) is 1.53. The number of para-hydroxylation sites is 1. The van der Waals surface area contributed by atoms with Crippen LogP contribution >= 0.6 is 0 Å². The lowest BCUT2D eigenvalue weighted by Crippen LogP contribution is -2.40. The van der Waals surface area contributed by atoms with Gasteiger partial charge < -0.3 is 15.2 Å². The van der Waals surface area contributed by atoms with E-state index < -0.39 is 13.0 Å². The second kappa shape index (κ2) is 9.25. The largest absolute Gasteiger partial charge is 0.496 e. The van der Waals surface area contributed by atoms with Gasteiger partial charge in [-0.25, -0.2) is 8.78 Å². The standard InChI is InChI=1S/C14H20F2N2O3/c1-21-12-5-3-2-4-11(12)8-17-14(20)10-18(6-7-19)9-13(15)16/h2-5,13,19H,6-10H2,1H3,(H,17,20). The Labute approximate surface area is 122 Å². The van der Waals surface area contributed by atoms with Crippen LogP contribution in [0.15, 0.2) is 24.3 Å². The maximum atomic E-state index is 12.3. The Bertz CT molecular complexity index is 444. The number of benzene rings is 1. The van der Waals surface area contributed by atoms with E-state index in [0.717, 1.165) is 5.56 Å². The average Bonchev–Trinajstić information content (AvgIpc) is 2.45. The van der Waals surface area contributed by atoms with Crippen molar-refractivity contribution in [2.24, 2.45) is 0 Å². The Balaban J connectivity index is 2.48. The number of aliphatic hydroxyl groups excluding tert-OH is 1. The van der Waals surface area contributed by atoms with Gasteiger partial charge in [-0.15, -0.1) is 0 Å². The number of hydrogen-bond donors (Lipinski definition) is 2. The molecule has 1 aromatic carbocycles. The summed E-state index contributed by atoms with van der Waals surface area (Å²) < 4.78 is 29.8. The first kappa shape index (κ1) is 17.3. The van der Waals surface area contributed by atoms with E-state index >= 15 is 0 Å². The maximum absolute atomic E-state index is 12.3. The Morgan fingerprint density at radius 3 is 2.76 bits per heavy atom. The van der Waals surface area contributed by atoms with Crippen molar-refractivity contribution in [1.82, 2.24) is 10.2 Å². The van der Waals surface area contributed by atoms with Crippen LogP contribution in [0, 0.1) is 0 Å². The van der Waals surface area contributed by atoms with Gasteiger partial charge in [0.05, 0.1) is 26.8 Å². The number of amides is 1. The number of carbonyl (C=O) groups is 1. The Kier molecular flexibility index (Phi) is 7.63. The van der Waals surface area contributed by atoms with Crippen LogP contribution in [0.5, 0.6) is 5.75 Å². The second-order valence-electron chi connectivity index (χ2n) is 4.44. The number of nitrogens with one attached hydrogen (secondary N) is 1. The minimum Gasteiger partial charge on any atom is -0.496 e. The zero-order chi connectivity index (χ0) is 15.7. The van der Waals surface area contributed by atoms with Crippen LogP contribution in [0.25, 0.3) is 0 Å². The van der Waals surface area contributed by atoms with Gasteiger partial charge in [0.2, 0.25) is 5.91 Å². The third-order valence-corrected chi connectivity index (χ3v) is 2.85. The van der Waals surface area contributed by atoms with Crippen LogP contribution in [0.4, 0.5) is 8.78 Å². The molecule has 0 saturated heterocycles. The van der Waals surface area contributed by atoms with E-state index in [-0.39, 0.29) is 32.1 Å². The van der Waals surface area contributed by atoms with Crippen LogP contribution in [0.1, 0.15) is 5.56 Å². The van der Waals surface area contributed by atoms with Gasteiger partial charge in [0, 0.05) is 18.7 Å². The number of alkyl halides is 2. The molecule has 0 unspecified atom stereocenters. The summed E-state index contributed by atoms with van der Waals surface area (Å²) in [6, 6.07) is 7.22. The van der Waals surface area contributed by atoms with E-state index in [0.29, 0.717) is 5.75 Å². The van der Waals surface area contributed by atoms with Gasteiger partial charge in [-0.2, -0.15) is 0 Å². The smallest absolute Gasteiger partial charge is 0.251 e. The minimum atomic E-state index is -2.54. The van der Waals surface area contributed by atoms with E-state index in [4.69, 9.17) is 9.84 Å². The quantitative estimate of drug-likeness (QED) is 0.710. The van der Waals surface area contributed by atoms with E-state index in [2.05, 4.69) is 5.32 Å². The van der Waals surface area contributed by atoms with Crippen molar-refractivity contribution in [1.29, 1.82) is 0 Å². The lowest BCUT2D eigenvalue weighted by Gasteiger charge is -2.20. The van der Waals surface area contributed by atoms with Crippen molar-refractivity contribution in [3.63, 3.8) is 0 Å². The van der Waals surface area contributed by atoms with Crippen molar-refractivity contribution < 1.29 is 23.4 Å². The Morgan fingerprint density at radius 2 is 2.14 bits per heavy atom. The summed E-state index contributed by atoms with van der Waals surface area (Å²) in [5.41, 5.74) is 0.802. The number of methoxy groups -OCH3 is 1. The normalized spacial score (nSPS) is 11.0. The highest BCUT2D eigenvalue weighted by molar-refractivity contribution is 5.78. The highest BCUT2D eigenvalue weighted by Gasteiger charge is 2.15. The molecule has 2 N–H and O–H groups in total. The molecule has 0 aliphatic rings. The second-order valence-corrected chi connectivity index (χ2v) is 4.44. The molecule has 0 bridgehead atoms. The van der Waals surface area contributed by atoms with Crippen LogP contribution in [-0.2, 0) is 11.3 Å². The number of nitrogens with zero attached hydrogens (tertiary/aromatic N) is 1. The van der Waals surface area contributed by atoms with Crippen molar-refractivity contribution in [3.05, 3.63) is 29.8 Å². The summed E-state index contributed by atoms with van der Waals surface area (Å²) >= 11 is 0.